The molecule has 21 heavy (non-hydrogen) atoms. The average Bonchev–Trinajstić information content (AvgIpc) is 2.50. The van der Waals surface area contributed by atoms with E-state index in [1.54, 1.807) is 12.1 Å². The average molecular weight is 324 g/mol. The van der Waals surface area contributed by atoms with E-state index in [0.717, 1.165) is 11.3 Å². The van der Waals surface area contributed by atoms with Gasteiger partial charge in [-0.15, -0.1) is 0 Å². The van der Waals surface area contributed by atoms with Gasteiger partial charge in [0.15, 0.2) is 5.84 Å². The summed E-state index contributed by atoms with van der Waals surface area (Å²) in [6, 6.07) is 12.8. The third kappa shape index (κ3) is 3.60. The summed E-state index contributed by atoms with van der Waals surface area (Å²) in [7, 11) is 1.94. The standard InChI is InChI=1S/C15H15Cl2N3O/c1-20(9-12-13(16)3-2-4-14(12)17)11-7-5-10(6-8-11)15(18)19-21/h2-8,21H,9H2,1H3,(H2,18,19). The van der Waals surface area contributed by atoms with Gasteiger partial charge >= 0.3 is 0 Å². The topological polar surface area (TPSA) is 61.8 Å². The van der Waals surface area contributed by atoms with Gasteiger partial charge in [-0.05, 0) is 36.4 Å². The smallest absolute Gasteiger partial charge is 0.170 e. The third-order valence-electron chi connectivity index (χ3n) is 3.17. The third-order valence-corrected chi connectivity index (χ3v) is 3.88. The van der Waals surface area contributed by atoms with Crippen molar-refractivity contribution in [1.29, 1.82) is 0 Å². The van der Waals surface area contributed by atoms with Crippen molar-refractivity contribution in [1.82, 2.24) is 0 Å². The molecule has 0 bridgehead atoms. The van der Waals surface area contributed by atoms with Gasteiger partial charge in [0.25, 0.3) is 0 Å². The molecule has 6 heteroatoms. The van der Waals surface area contributed by atoms with Gasteiger partial charge in [0, 0.05) is 40.5 Å². The van der Waals surface area contributed by atoms with Crippen molar-refractivity contribution in [2.45, 2.75) is 6.54 Å². The van der Waals surface area contributed by atoms with Gasteiger partial charge in [0.1, 0.15) is 0 Å². The molecule has 110 valence electrons. The van der Waals surface area contributed by atoms with E-state index in [9.17, 15) is 0 Å². The van der Waals surface area contributed by atoms with Crippen LogP contribution in [0.2, 0.25) is 10.0 Å². The Morgan fingerprint density at radius 3 is 2.24 bits per heavy atom. The quantitative estimate of drug-likeness (QED) is 0.390. The SMILES string of the molecule is CN(Cc1c(Cl)cccc1Cl)c1ccc(C(N)=NO)cc1. The Balaban J connectivity index is 2.19. The van der Waals surface area contributed by atoms with E-state index < -0.39 is 0 Å². The summed E-state index contributed by atoms with van der Waals surface area (Å²) >= 11 is 12.4. The highest BCUT2D eigenvalue weighted by molar-refractivity contribution is 6.36. The van der Waals surface area contributed by atoms with E-state index in [2.05, 4.69) is 5.16 Å². The number of hydrogen-bond donors (Lipinski definition) is 2. The minimum atomic E-state index is 0.0818. The molecule has 0 aliphatic rings. The van der Waals surface area contributed by atoms with E-state index >= 15 is 0 Å². The Morgan fingerprint density at radius 1 is 1.14 bits per heavy atom. The molecule has 0 saturated heterocycles. The summed E-state index contributed by atoms with van der Waals surface area (Å²) in [5.74, 6) is 0.0818. The lowest BCUT2D eigenvalue weighted by Crippen LogP contribution is -2.18. The minimum absolute atomic E-state index is 0.0818. The van der Waals surface area contributed by atoms with E-state index in [1.165, 1.54) is 0 Å². The molecule has 0 unspecified atom stereocenters. The van der Waals surface area contributed by atoms with Gasteiger partial charge < -0.3 is 15.8 Å². The van der Waals surface area contributed by atoms with E-state index in [4.69, 9.17) is 34.1 Å². The first-order valence-electron chi connectivity index (χ1n) is 6.25. The summed E-state index contributed by atoms with van der Waals surface area (Å²) in [5, 5.41) is 12.9. The summed E-state index contributed by atoms with van der Waals surface area (Å²) in [6.07, 6.45) is 0. The molecule has 4 nitrogen and oxygen atoms in total. The number of hydrogen-bond acceptors (Lipinski definition) is 3. The number of rotatable bonds is 4. The van der Waals surface area contributed by atoms with Gasteiger partial charge in [-0.1, -0.05) is 34.4 Å². The second-order valence-corrected chi connectivity index (χ2v) is 5.40. The number of oxime groups is 1. The fourth-order valence-corrected chi connectivity index (χ4v) is 2.47. The van der Waals surface area contributed by atoms with Crippen LogP contribution in [0.1, 0.15) is 11.1 Å². The first kappa shape index (κ1) is 15.5. The van der Waals surface area contributed by atoms with Gasteiger partial charge in [-0.3, -0.25) is 0 Å². The van der Waals surface area contributed by atoms with Crippen molar-refractivity contribution >= 4 is 34.7 Å². The second-order valence-electron chi connectivity index (χ2n) is 4.59. The van der Waals surface area contributed by atoms with E-state index in [0.29, 0.717) is 22.2 Å². The maximum absolute atomic E-state index is 8.65. The molecular formula is C15H15Cl2N3O. The van der Waals surface area contributed by atoms with Crippen LogP contribution in [-0.2, 0) is 6.54 Å². The normalized spacial score (nSPS) is 11.5. The van der Waals surface area contributed by atoms with Gasteiger partial charge in [-0.25, -0.2) is 0 Å². The Labute approximate surface area is 133 Å². The van der Waals surface area contributed by atoms with Crippen molar-refractivity contribution < 1.29 is 5.21 Å². The molecule has 2 aromatic rings. The monoisotopic (exact) mass is 323 g/mol. The van der Waals surface area contributed by atoms with Crippen LogP contribution in [0.3, 0.4) is 0 Å². The van der Waals surface area contributed by atoms with E-state index in [1.807, 2.05) is 42.3 Å². The van der Waals surface area contributed by atoms with Crippen LogP contribution in [-0.4, -0.2) is 18.1 Å². The number of anilines is 1. The lowest BCUT2D eigenvalue weighted by molar-refractivity contribution is 0.318. The molecule has 0 fully saturated rings. The first-order valence-corrected chi connectivity index (χ1v) is 7.00. The summed E-state index contributed by atoms with van der Waals surface area (Å²) in [5.41, 5.74) is 8.04. The van der Waals surface area contributed by atoms with Crippen LogP contribution >= 0.6 is 23.2 Å². The van der Waals surface area contributed by atoms with Gasteiger partial charge in [0.05, 0.1) is 0 Å². The highest BCUT2D eigenvalue weighted by Crippen LogP contribution is 2.27. The molecule has 3 N–H and O–H groups in total. The number of amidine groups is 1. The predicted octanol–water partition coefficient (Wildman–Crippen LogP) is 3.72. The molecule has 0 amide bonds. The van der Waals surface area contributed by atoms with Crippen molar-refractivity contribution in [2.24, 2.45) is 10.9 Å². The fraction of sp³-hybridized carbons (Fsp3) is 0.133. The predicted molar refractivity (Wildman–Crippen MR) is 87.5 cm³/mol. The summed E-state index contributed by atoms with van der Waals surface area (Å²) in [4.78, 5) is 2.02. The molecule has 0 atom stereocenters. The number of benzene rings is 2. The highest BCUT2D eigenvalue weighted by Gasteiger charge is 2.09. The molecule has 0 aromatic heterocycles. The Kier molecular flexibility index (Phi) is 4.94. The zero-order valence-electron chi connectivity index (χ0n) is 11.4. The van der Waals surface area contributed by atoms with Crippen LogP contribution in [0.25, 0.3) is 0 Å². The van der Waals surface area contributed by atoms with Crippen LogP contribution < -0.4 is 10.6 Å². The molecule has 0 aliphatic heterocycles. The van der Waals surface area contributed by atoms with Gasteiger partial charge in [-0.2, -0.15) is 0 Å². The summed E-state index contributed by atoms with van der Waals surface area (Å²) < 4.78 is 0. The van der Waals surface area contributed by atoms with E-state index in [-0.39, 0.29) is 5.84 Å². The molecular weight excluding hydrogens is 309 g/mol. The van der Waals surface area contributed by atoms with Crippen LogP contribution in [0.15, 0.2) is 47.6 Å². The van der Waals surface area contributed by atoms with Crippen molar-refractivity contribution in [3.63, 3.8) is 0 Å². The highest BCUT2D eigenvalue weighted by atomic mass is 35.5. The molecule has 0 radical (unpaired) electrons. The molecule has 2 rings (SSSR count). The largest absolute Gasteiger partial charge is 0.409 e. The van der Waals surface area contributed by atoms with Gasteiger partial charge in [0.2, 0.25) is 0 Å². The molecule has 0 aliphatic carbocycles. The van der Waals surface area contributed by atoms with Crippen molar-refractivity contribution in [3.05, 3.63) is 63.6 Å². The zero-order valence-corrected chi connectivity index (χ0v) is 12.9. The lowest BCUT2D eigenvalue weighted by atomic mass is 10.1. The number of nitrogens with two attached hydrogens (primary N) is 1. The fourth-order valence-electron chi connectivity index (χ4n) is 1.96. The first-order chi connectivity index (χ1) is 10.0. The number of nitrogens with zero attached hydrogens (tertiary/aromatic N) is 2. The maximum Gasteiger partial charge on any atom is 0.170 e. The molecule has 0 saturated carbocycles. The summed E-state index contributed by atoms with van der Waals surface area (Å²) in [6.45, 7) is 0.585. The lowest BCUT2D eigenvalue weighted by Gasteiger charge is -2.21. The Hall–Kier alpha value is -1.91. The van der Waals surface area contributed by atoms with Crippen LogP contribution in [0.5, 0.6) is 0 Å². The van der Waals surface area contributed by atoms with Crippen LogP contribution in [0.4, 0.5) is 5.69 Å². The molecule has 0 heterocycles. The minimum Gasteiger partial charge on any atom is -0.409 e. The van der Waals surface area contributed by atoms with Crippen molar-refractivity contribution in [2.75, 3.05) is 11.9 Å². The maximum atomic E-state index is 8.65. The second kappa shape index (κ2) is 6.70. The Bertz CT molecular complexity index is 636. The number of halogens is 2. The zero-order chi connectivity index (χ0) is 15.4. The molecule has 2 aromatic carbocycles. The Morgan fingerprint density at radius 2 is 1.71 bits per heavy atom. The van der Waals surface area contributed by atoms with Crippen LogP contribution in [0, 0.1) is 0 Å². The van der Waals surface area contributed by atoms with Crippen molar-refractivity contribution in [3.8, 4) is 0 Å². The molecule has 0 spiro atoms.